The van der Waals surface area contributed by atoms with Crippen LogP contribution in [0.15, 0.2) is 30.6 Å². The molecule has 1 aromatic carbocycles. The van der Waals surface area contributed by atoms with Gasteiger partial charge in [0.05, 0.1) is 5.39 Å². The van der Waals surface area contributed by atoms with Gasteiger partial charge >= 0.3 is 6.03 Å². The monoisotopic (exact) mass is 393 g/mol. The molecule has 1 unspecified atom stereocenters. The predicted molar refractivity (Wildman–Crippen MR) is 108 cm³/mol. The summed E-state index contributed by atoms with van der Waals surface area (Å²) in [6.45, 7) is 1.70. The first-order valence-electron chi connectivity index (χ1n) is 9.31. The Bertz CT molecular complexity index is 1120. The highest BCUT2D eigenvalue weighted by Gasteiger charge is 2.43. The molecule has 7 nitrogen and oxygen atoms in total. The highest BCUT2D eigenvalue weighted by atomic mass is 32.1. The smallest absolute Gasteiger partial charge is 0.322 e. The van der Waals surface area contributed by atoms with Crippen molar-refractivity contribution >= 4 is 45.0 Å². The molecule has 3 N–H and O–H groups in total. The van der Waals surface area contributed by atoms with Gasteiger partial charge in [0.25, 0.3) is 5.91 Å². The second-order valence-corrected chi connectivity index (χ2v) is 8.44. The Hall–Kier alpha value is -3.00. The lowest BCUT2D eigenvalue weighted by atomic mass is 9.92. The van der Waals surface area contributed by atoms with E-state index in [1.165, 1.54) is 23.3 Å². The minimum Gasteiger partial charge on any atom is -0.340 e. The summed E-state index contributed by atoms with van der Waals surface area (Å²) in [5, 5.41) is 9.51. The number of carbonyl (C=O) groups is 2. The van der Waals surface area contributed by atoms with Crippen molar-refractivity contribution in [3.8, 4) is 0 Å². The molecule has 5 rings (SSSR count). The van der Waals surface area contributed by atoms with Gasteiger partial charge in [-0.05, 0) is 55.9 Å². The average Bonchev–Trinajstić information content (AvgIpc) is 3.19. The van der Waals surface area contributed by atoms with E-state index in [0.29, 0.717) is 5.56 Å². The highest BCUT2D eigenvalue weighted by molar-refractivity contribution is 7.19. The maximum absolute atomic E-state index is 12.2. The molecule has 1 atom stereocenters. The molecule has 0 saturated carbocycles. The summed E-state index contributed by atoms with van der Waals surface area (Å²) in [6, 6.07) is 7.01. The van der Waals surface area contributed by atoms with Crippen LogP contribution in [0.5, 0.6) is 0 Å². The summed E-state index contributed by atoms with van der Waals surface area (Å²) in [6.07, 6.45) is 6.17. The predicted octanol–water partition coefficient (Wildman–Crippen LogP) is 3.37. The van der Waals surface area contributed by atoms with E-state index in [0.717, 1.165) is 34.6 Å². The van der Waals surface area contributed by atoms with Crippen molar-refractivity contribution in [3.63, 3.8) is 0 Å². The Morgan fingerprint density at radius 3 is 2.86 bits per heavy atom. The SMILES string of the molecule is CC1(c2cccc(Nc3ncnc4sc5c(c34)CCCC5)c2)NC(=O)NC1=O. The molecule has 2 aromatic heterocycles. The number of imide groups is 1. The van der Waals surface area contributed by atoms with Crippen molar-refractivity contribution in [2.45, 2.75) is 38.1 Å². The van der Waals surface area contributed by atoms with E-state index in [1.807, 2.05) is 24.3 Å². The normalized spacial score (nSPS) is 21.3. The zero-order chi connectivity index (χ0) is 19.3. The van der Waals surface area contributed by atoms with Gasteiger partial charge in [-0.15, -0.1) is 11.3 Å². The number of thiophene rings is 1. The van der Waals surface area contributed by atoms with E-state index in [9.17, 15) is 9.59 Å². The molecule has 1 fully saturated rings. The topological polar surface area (TPSA) is 96.0 Å². The van der Waals surface area contributed by atoms with Crippen LogP contribution in [0.1, 0.15) is 35.8 Å². The molecule has 3 heterocycles. The Balaban J connectivity index is 1.53. The van der Waals surface area contributed by atoms with Gasteiger partial charge in [0.15, 0.2) is 0 Å². The fraction of sp³-hybridized carbons (Fsp3) is 0.300. The van der Waals surface area contributed by atoms with Gasteiger partial charge in [0.2, 0.25) is 0 Å². The fourth-order valence-electron chi connectivity index (χ4n) is 3.98. The molecule has 1 aliphatic heterocycles. The molecule has 142 valence electrons. The molecule has 1 aliphatic carbocycles. The number of fused-ring (bicyclic) bond motifs is 3. The molecule has 1 saturated heterocycles. The Morgan fingerprint density at radius 1 is 1.18 bits per heavy atom. The molecule has 0 spiro atoms. The first kappa shape index (κ1) is 17.1. The summed E-state index contributed by atoms with van der Waals surface area (Å²) < 4.78 is 0. The average molecular weight is 393 g/mol. The van der Waals surface area contributed by atoms with E-state index in [1.54, 1.807) is 24.6 Å². The van der Waals surface area contributed by atoms with Crippen molar-refractivity contribution in [2.24, 2.45) is 0 Å². The highest BCUT2D eigenvalue weighted by Crippen LogP contribution is 2.39. The van der Waals surface area contributed by atoms with Gasteiger partial charge in [-0.1, -0.05) is 12.1 Å². The molecule has 0 bridgehead atoms. The van der Waals surface area contributed by atoms with Gasteiger partial charge in [-0.25, -0.2) is 14.8 Å². The maximum atomic E-state index is 12.2. The van der Waals surface area contributed by atoms with Crippen LogP contribution >= 0.6 is 11.3 Å². The Labute approximate surface area is 165 Å². The number of aromatic nitrogens is 2. The number of nitrogens with one attached hydrogen (secondary N) is 3. The van der Waals surface area contributed by atoms with Gasteiger partial charge in [-0.3, -0.25) is 10.1 Å². The van der Waals surface area contributed by atoms with Crippen LogP contribution in [0.2, 0.25) is 0 Å². The number of nitrogens with zero attached hydrogens (tertiary/aromatic N) is 2. The van der Waals surface area contributed by atoms with Crippen LogP contribution in [-0.2, 0) is 23.2 Å². The van der Waals surface area contributed by atoms with E-state index >= 15 is 0 Å². The third kappa shape index (κ3) is 2.63. The van der Waals surface area contributed by atoms with Crippen molar-refractivity contribution in [2.75, 3.05) is 5.32 Å². The van der Waals surface area contributed by atoms with Gasteiger partial charge < -0.3 is 10.6 Å². The summed E-state index contributed by atoms with van der Waals surface area (Å²) in [5.41, 5.74) is 1.79. The number of urea groups is 1. The minimum absolute atomic E-state index is 0.356. The van der Waals surface area contributed by atoms with E-state index in [-0.39, 0.29) is 5.91 Å². The lowest BCUT2D eigenvalue weighted by molar-refractivity contribution is -0.123. The first-order valence-corrected chi connectivity index (χ1v) is 10.1. The number of aryl methyl sites for hydroxylation is 2. The molecule has 3 aromatic rings. The maximum Gasteiger partial charge on any atom is 0.322 e. The van der Waals surface area contributed by atoms with Crippen LogP contribution in [0.3, 0.4) is 0 Å². The van der Waals surface area contributed by atoms with Crippen LogP contribution < -0.4 is 16.0 Å². The fourth-order valence-corrected chi connectivity index (χ4v) is 5.21. The molecule has 3 amide bonds. The van der Waals surface area contributed by atoms with Gasteiger partial charge in [0, 0.05) is 10.6 Å². The summed E-state index contributed by atoms with van der Waals surface area (Å²) in [7, 11) is 0. The molecule has 2 aliphatic rings. The van der Waals surface area contributed by atoms with Crippen LogP contribution in [-0.4, -0.2) is 21.9 Å². The molecular weight excluding hydrogens is 374 g/mol. The number of carbonyl (C=O) groups excluding carboxylic acids is 2. The lowest BCUT2D eigenvalue weighted by Gasteiger charge is -2.22. The lowest BCUT2D eigenvalue weighted by Crippen LogP contribution is -2.40. The molecule has 8 heteroatoms. The van der Waals surface area contributed by atoms with E-state index in [4.69, 9.17) is 0 Å². The zero-order valence-electron chi connectivity index (χ0n) is 15.3. The van der Waals surface area contributed by atoms with Crippen LogP contribution in [0.4, 0.5) is 16.3 Å². The summed E-state index contributed by atoms with van der Waals surface area (Å²) in [5.74, 6) is 0.428. The zero-order valence-corrected chi connectivity index (χ0v) is 16.2. The second kappa shape index (κ2) is 6.27. The number of amides is 3. The summed E-state index contributed by atoms with van der Waals surface area (Å²) in [4.78, 5) is 35.2. The van der Waals surface area contributed by atoms with Crippen molar-refractivity contribution in [1.29, 1.82) is 0 Å². The summed E-state index contributed by atoms with van der Waals surface area (Å²) >= 11 is 1.76. The standard InChI is InChI=1S/C20H19N5O2S/c1-20(18(26)24-19(27)25-20)11-5-4-6-12(9-11)23-16-15-13-7-2-3-8-14(13)28-17(15)22-10-21-16/h4-6,9-10H,2-3,7-8H2,1H3,(H,21,22,23)(H2,24,25,26,27). The number of benzene rings is 1. The van der Waals surface area contributed by atoms with Crippen LogP contribution in [0, 0.1) is 0 Å². The number of anilines is 2. The third-order valence-corrected chi connectivity index (χ3v) is 6.70. The number of rotatable bonds is 3. The van der Waals surface area contributed by atoms with E-state index in [2.05, 4.69) is 25.9 Å². The molecule has 0 radical (unpaired) electrons. The minimum atomic E-state index is -1.09. The van der Waals surface area contributed by atoms with Gasteiger partial charge in [-0.2, -0.15) is 0 Å². The Kier molecular flexibility index (Phi) is 3.83. The largest absolute Gasteiger partial charge is 0.340 e. The number of hydrogen-bond donors (Lipinski definition) is 3. The van der Waals surface area contributed by atoms with E-state index < -0.39 is 11.6 Å². The molecule has 28 heavy (non-hydrogen) atoms. The number of hydrogen-bond acceptors (Lipinski definition) is 6. The second-order valence-electron chi connectivity index (χ2n) is 7.35. The van der Waals surface area contributed by atoms with Crippen molar-refractivity contribution < 1.29 is 9.59 Å². The van der Waals surface area contributed by atoms with Crippen molar-refractivity contribution in [1.82, 2.24) is 20.6 Å². The third-order valence-electron chi connectivity index (χ3n) is 5.50. The van der Waals surface area contributed by atoms with Crippen LogP contribution in [0.25, 0.3) is 10.2 Å². The molecular formula is C20H19N5O2S. The quantitative estimate of drug-likeness (QED) is 0.593. The first-order chi connectivity index (χ1) is 13.5. The van der Waals surface area contributed by atoms with Crippen molar-refractivity contribution in [3.05, 3.63) is 46.6 Å². The Morgan fingerprint density at radius 2 is 2.04 bits per heavy atom. The van der Waals surface area contributed by atoms with Gasteiger partial charge in [0.1, 0.15) is 22.5 Å².